The van der Waals surface area contributed by atoms with E-state index in [1.807, 2.05) is 35.9 Å². The van der Waals surface area contributed by atoms with Gasteiger partial charge in [-0.3, -0.25) is 4.68 Å². The molecule has 7 heteroatoms. The first-order valence-corrected chi connectivity index (χ1v) is 12.4. The topological polar surface area (TPSA) is 61.2 Å². The van der Waals surface area contributed by atoms with Crippen molar-refractivity contribution >= 4 is 9.84 Å². The number of nitrogens with zero attached hydrogens (tertiary/aromatic N) is 2. The third kappa shape index (κ3) is 4.83. The first kappa shape index (κ1) is 22.7. The zero-order chi connectivity index (χ0) is 23.6. The molecule has 0 unspecified atom stereocenters. The van der Waals surface area contributed by atoms with Crippen molar-refractivity contribution in [2.75, 3.05) is 13.4 Å². The third-order valence-electron chi connectivity index (χ3n) is 5.66. The maximum Gasteiger partial charge on any atom is 0.175 e. The van der Waals surface area contributed by atoms with Gasteiger partial charge in [-0.25, -0.2) is 12.8 Å². The molecule has 0 fully saturated rings. The average molecular weight is 465 g/mol. The molecule has 1 aromatic heterocycles. The monoisotopic (exact) mass is 464 g/mol. The number of halogens is 1. The first-order chi connectivity index (χ1) is 15.8. The largest absolute Gasteiger partial charge is 0.494 e. The fourth-order valence-corrected chi connectivity index (χ4v) is 4.50. The number of methoxy groups -OCH3 is 1. The molecule has 4 aromatic rings. The van der Waals surface area contributed by atoms with E-state index in [-0.39, 0.29) is 10.6 Å². The number of sulfone groups is 1. The molecule has 0 amide bonds. The summed E-state index contributed by atoms with van der Waals surface area (Å²) in [6.07, 6.45) is 1.97. The summed E-state index contributed by atoms with van der Waals surface area (Å²) in [7, 11) is -1.88. The molecule has 0 saturated heterocycles. The molecule has 33 heavy (non-hydrogen) atoms. The van der Waals surface area contributed by atoms with Gasteiger partial charge in [0.1, 0.15) is 5.69 Å². The van der Waals surface area contributed by atoms with Crippen molar-refractivity contribution in [3.63, 3.8) is 0 Å². The number of aryl methyl sites for hydroxylation is 2. The van der Waals surface area contributed by atoms with E-state index in [1.54, 1.807) is 30.3 Å². The third-order valence-corrected chi connectivity index (χ3v) is 6.79. The van der Waals surface area contributed by atoms with Crippen LogP contribution in [0, 0.1) is 12.7 Å². The number of aromatic nitrogens is 2. The number of benzene rings is 3. The van der Waals surface area contributed by atoms with Gasteiger partial charge in [0.2, 0.25) is 0 Å². The number of ether oxygens (including phenoxy) is 1. The Kier molecular flexibility index (Phi) is 6.33. The lowest BCUT2D eigenvalue weighted by molar-refractivity contribution is 0.386. The lowest BCUT2D eigenvalue weighted by Crippen LogP contribution is -2.05. The molecule has 0 N–H and O–H groups in total. The zero-order valence-corrected chi connectivity index (χ0v) is 19.6. The van der Waals surface area contributed by atoms with Crippen molar-refractivity contribution < 1.29 is 17.5 Å². The summed E-state index contributed by atoms with van der Waals surface area (Å²) >= 11 is 0. The molecule has 0 aliphatic heterocycles. The molecule has 0 atom stereocenters. The molecule has 0 radical (unpaired) electrons. The van der Waals surface area contributed by atoms with Gasteiger partial charge in [-0.1, -0.05) is 48.5 Å². The zero-order valence-electron chi connectivity index (χ0n) is 18.7. The summed E-state index contributed by atoms with van der Waals surface area (Å²) in [4.78, 5) is 0.239. The van der Waals surface area contributed by atoms with Crippen LogP contribution in [0.4, 0.5) is 4.39 Å². The minimum absolute atomic E-state index is 0.173. The van der Waals surface area contributed by atoms with Crippen LogP contribution in [-0.4, -0.2) is 31.6 Å². The fraction of sp³-hybridized carbons (Fsp3) is 0.192. The molecule has 5 nitrogen and oxygen atoms in total. The molecule has 170 valence electrons. The Bertz CT molecular complexity index is 1380. The summed E-state index contributed by atoms with van der Waals surface area (Å²) in [5, 5.41) is 4.85. The van der Waals surface area contributed by atoms with E-state index in [0.717, 1.165) is 23.2 Å². The molecule has 4 rings (SSSR count). The van der Waals surface area contributed by atoms with Gasteiger partial charge >= 0.3 is 0 Å². The van der Waals surface area contributed by atoms with E-state index in [0.29, 0.717) is 17.8 Å². The Labute approximate surface area is 193 Å². The molecular formula is C26H25FN2O3S. The lowest BCUT2D eigenvalue weighted by Gasteiger charge is -2.08. The molecule has 0 spiro atoms. The Morgan fingerprint density at radius 1 is 0.970 bits per heavy atom. The van der Waals surface area contributed by atoms with E-state index in [9.17, 15) is 12.8 Å². The van der Waals surface area contributed by atoms with Crippen molar-refractivity contribution in [2.45, 2.75) is 24.8 Å². The van der Waals surface area contributed by atoms with Crippen LogP contribution in [0.25, 0.3) is 22.4 Å². The highest BCUT2D eigenvalue weighted by molar-refractivity contribution is 7.90. The highest BCUT2D eigenvalue weighted by Gasteiger charge is 2.20. The first-order valence-electron chi connectivity index (χ1n) is 10.5. The maximum absolute atomic E-state index is 14.5. The van der Waals surface area contributed by atoms with Gasteiger partial charge in [-0.15, -0.1) is 0 Å². The molecular weight excluding hydrogens is 439 g/mol. The molecule has 1 heterocycles. The average Bonchev–Trinajstić information content (AvgIpc) is 3.14. The van der Waals surface area contributed by atoms with E-state index in [4.69, 9.17) is 9.84 Å². The molecule has 0 saturated carbocycles. The Balaban J connectivity index is 1.80. The Hall–Kier alpha value is -3.45. The Morgan fingerprint density at radius 2 is 1.64 bits per heavy atom. The highest BCUT2D eigenvalue weighted by Crippen LogP contribution is 2.36. The second kappa shape index (κ2) is 9.19. The summed E-state index contributed by atoms with van der Waals surface area (Å²) in [5.41, 5.74) is 5.01. The summed E-state index contributed by atoms with van der Waals surface area (Å²) in [5.74, 6) is -0.281. The van der Waals surface area contributed by atoms with Crippen LogP contribution in [0.2, 0.25) is 0 Å². The minimum Gasteiger partial charge on any atom is -0.494 e. The van der Waals surface area contributed by atoms with Crippen molar-refractivity contribution in [3.05, 3.63) is 89.9 Å². The number of rotatable bonds is 7. The second-order valence-electron chi connectivity index (χ2n) is 7.91. The molecule has 0 aliphatic carbocycles. The predicted octanol–water partition coefficient (Wildman–Crippen LogP) is 5.32. The molecule has 0 aliphatic rings. The van der Waals surface area contributed by atoms with Crippen LogP contribution in [0.5, 0.6) is 5.75 Å². The van der Waals surface area contributed by atoms with E-state index in [2.05, 4.69) is 12.1 Å². The van der Waals surface area contributed by atoms with Crippen molar-refractivity contribution in [1.29, 1.82) is 0 Å². The standard InChI is InChI=1S/C26H25FN2O3S/c1-18-25(21-11-14-24(32-2)23(27)17-21)26(20-9-12-22(13-10-20)33(3,30)31)28-29(18)16-15-19-7-5-4-6-8-19/h4-14,17H,15-16H2,1-3H3. The quantitative estimate of drug-likeness (QED) is 0.371. The maximum atomic E-state index is 14.5. The van der Waals surface area contributed by atoms with Crippen LogP contribution in [0.1, 0.15) is 11.3 Å². The van der Waals surface area contributed by atoms with Crippen LogP contribution >= 0.6 is 0 Å². The van der Waals surface area contributed by atoms with Gasteiger partial charge in [-0.2, -0.15) is 5.10 Å². The van der Waals surface area contributed by atoms with E-state index >= 15 is 0 Å². The van der Waals surface area contributed by atoms with Gasteiger partial charge < -0.3 is 4.74 Å². The smallest absolute Gasteiger partial charge is 0.175 e. The van der Waals surface area contributed by atoms with Gasteiger partial charge in [0.15, 0.2) is 21.4 Å². The van der Waals surface area contributed by atoms with Crippen molar-refractivity contribution in [1.82, 2.24) is 9.78 Å². The normalized spacial score (nSPS) is 11.5. The van der Waals surface area contributed by atoms with Crippen LogP contribution < -0.4 is 4.74 Å². The van der Waals surface area contributed by atoms with Crippen LogP contribution in [0.15, 0.2) is 77.7 Å². The summed E-state index contributed by atoms with van der Waals surface area (Å²) in [6.45, 7) is 2.62. The van der Waals surface area contributed by atoms with Gasteiger partial charge in [0, 0.05) is 29.6 Å². The van der Waals surface area contributed by atoms with E-state index < -0.39 is 15.7 Å². The SMILES string of the molecule is COc1ccc(-c2c(-c3ccc(S(C)(=O)=O)cc3)nn(CCc3ccccc3)c2C)cc1F. The van der Waals surface area contributed by atoms with Crippen molar-refractivity contribution in [2.24, 2.45) is 0 Å². The molecule has 3 aromatic carbocycles. The van der Waals surface area contributed by atoms with E-state index in [1.165, 1.54) is 25.0 Å². The summed E-state index contributed by atoms with van der Waals surface area (Å²) in [6, 6.07) is 21.6. The fourth-order valence-electron chi connectivity index (χ4n) is 3.87. The minimum atomic E-state index is -3.31. The van der Waals surface area contributed by atoms with Gasteiger partial charge in [-0.05, 0) is 48.7 Å². The second-order valence-corrected chi connectivity index (χ2v) is 9.93. The summed E-state index contributed by atoms with van der Waals surface area (Å²) < 4.78 is 45.3. The predicted molar refractivity (Wildman–Crippen MR) is 128 cm³/mol. The highest BCUT2D eigenvalue weighted by atomic mass is 32.2. The molecule has 0 bridgehead atoms. The number of hydrogen-bond donors (Lipinski definition) is 0. The van der Waals surface area contributed by atoms with Gasteiger partial charge in [0.25, 0.3) is 0 Å². The van der Waals surface area contributed by atoms with Gasteiger partial charge in [0.05, 0.1) is 12.0 Å². The lowest BCUT2D eigenvalue weighted by atomic mass is 9.99. The van der Waals surface area contributed by atoms with Crippen LogP contribution in [-0.2, 0) is 22.8 Å². The Morgan fingerprint density at radius 3 is 2.24 bits per heavy atom. The number of hydrogen-bond acceptors (Lipinski definition) is 4. The van der Waals surface area contributed by atoms with Crippen molar-refractivity contribution in [3.8, 4) is 28.1 Å². The van der Waals surface area contributed by atoms with Crippen LogP contribution in [0.3, 0.4) is 0 Å².